The molecule has 0 aliphatic heterocycles. The largest absolute Gasteiger partial charge is 0.327 e. The predicted molar refractivity (Wildman–Crippen MR) is 71.1 cm³/mol. The summed E-state index contributed by atoms with van der Waals surface area (Å²) in [6.45, 7) is 5.48. The SMILES string of the molecule is CC1(C)CC1Cn1c(CCl)nc2cc(F)ccc21. The molecule has 1 aliphatic carbocycles. The summed E-state index contributed by atoms with van der Waals surface area (Å²) in [5.74, 6) is 1.62. The zero-order valence-corrected chi connectivity index (χ0v) is 11.3. The standard InChI is InChI=1S/C14H16ClFN2/c1-14(2)6-9(14)8-18-12-4-3-10(16)5-11(12)17-13(18)7-15/h3-5,9H,6-8H2,1-2H3. The summed E-state index contributed by atoms with van der Waals surface area (Å²) >= 11 is 5.94. The van der Waals surface area contributed by atoms with Gasteiger partial charge in [0.05, 0.1) is 16.9 Å². The average molecular weight is 267 g/mol. The molecule has 1 aromatic heterocycles. The molecule has 1 unspecified atom stereocenters. The molecule has 0 saturated heterocycles. The van der Waals surface area contributed by atoms with Crippen LogP contribution in [0.15, 0.2) is 18.2 Å². The second-order valence-electron chi connectivity index (χ2n) is 5.79. The third-order valence-corrected chi connectivity index (χ3v) is 4.27. The van der Waals surface area contributed by atoms with Crippen molar-refractivity contribution in [2.75, 3.05) is 0 Å². The Morgan fingerprint density at radius 1 is 1.50 bits per heavy atom. The number of imidazole rings is 1. The van der Waals surface area contributed by atoms with E-state index < -0.39 is 0 Å². The second-order valence-corrected chi connectivity index (χ2v) is 6.06. The summed E-state index contributed by atoms with van der Waals surface area (Å²) < 4.78 is 15.3. The molecule has 18 heavy (non-hydrogen) atoms. The molecule has 2 nitrogen and oxygen atoms in total. The van der Waals surface area contributed by atoms with Gasteiger partial charge in [-0.2, -0.15) is 0 Å². The lowest BCUT2D eigenvalue weighted by Crippen LogP contribution is -2.06. The van der Waals surface area contributed by atoms with E-state index in [-0.39, 0.29) is 5.82 Å². The first kappa shape index (κ1) is 12.0. The molecular formula is C14H16ClFN2. The van der Waals surface area contributed by atoms with E-state index >= 15 is 0 Å². The van der Waals surface area contributed by atoms with Gasteiger partial charge in [-0.05, 0) is 29.9 Å². The smallest absolute Gasteiger partial charge is 0.125 e. The molecule has 3 rings (SSSR count). The van der Waals surface area contributed by atoms with Gasteiger partial charge in [-0.15, -0.1) is 11.6 Å². The Morgan fingerprint density at radius 2 is 2.22 bits per heavy atom. The van der Waals surface area contributed by atoms with Crippen LogP contribution < -0.4 is 0 Å². The van der Waals surface area contributed by atoms with Gasteiger partial charge in [-0.3, -0.25) is 0 Å². The van der Waals surface area contributed by atoms with E-state index in [2.05, 4.69) is 23.4 Å². The van der Waals surface area contributed by atoms with E-state index in [9.17, 15) is 4.39 Å². The number of hydrogen-bond acceptors (Lipinski definition) is 1. The molecule has 0 N–H and O–H groups in total. The van der Waals surface area contributed by atoms with Crippen molar-refractivity contribution in [2.24, 2.45) is 11.3 Å². The lowest BCUT2D eigenvalue weighted by atomic mass is 10.1. The molecule has 2 aromatic rings. The van der Waals surface area contributed by atoms with E-state index in [0.717, 1.165) is 17.9 Å². The summed E-state index contributed by atoms with van der Waals surface area (Å²) in [7, 11) is 0. The summed E-state index contributed by atoms with van der Waals surface area (Å²) in [6, 6.07) is 4.75. The zero-order valence-electron chi connectivity index (χ0n) is 10.6. The number of rotatable bonds is 3. The predicted octanol–water partition coefficient (Wildman–Crippen LogP) is 3.96. The monoisotopic (exact) mass is 266 g/mol. The third kappa shape index (κ3) is 1.91. The lowest BCUT2D eigenvalue weighted by molar-refractivity contribution is 0.498. The fourth-order valence-electron chi connectivity index (χ4n) is 2.57. The fourth-order valence-corrected chi connectivity index (χ4v) is 2.77. The van der Waals surface area contributed by atoms with Crippen LogP contribution in [0.2, 0.25) is 0 Å². The average Bonchev–Trinajstić information content (AvgIpc) is 2.77. The highest BCUT2D eigenvalue weighted by Gasteiger charge is 2.45. The molecule has 1 fully saturated rings. The molecule has 1 atom stereocenters. The van der Waals surface area contributed by atoms with Crippen LogP contribution in [0.5, 0.6) is 0 Å². The lowest BCUT2D eigenvalue weighted by Gasteiger charge is -2.09. The Bertz CT molecular complexity index is 603. The van der Waals surface area contributed by atoms with Gasteiger partial charge in [-0.1, -0.05) is 13.8 Å². The molecule has 4 heteroatoms. The quantitative estimate of drug-likeness (QED) is 0.769. The van der Waals surface area contributed by atoms with Crippen LogP contribution in [0, 0.1) is 17.2 Å². The molecule has 0 spiro atoms. The summed E-state index contributed by atoms with van der Waals surface area (Å²) in [5.41, 5.74) is 2.10. The van der Waals surface area contributed by atoms with Crippen molar-refractivity contribution in [1.29, 1.82) is 0 Å². The maximum absolute atomic E-state index is 13.2. The van der Waals surface area contributed by atoms with E-state index in [0.29, 0.717) is 22.7 Å². The van der Waals surface area contributed by atoms with Crippen LogP contribution in [-0.4, -0.2) is 9.55 Å². The Morgan fingerprint density at radius 3 is 2.83 bits per heavy atom. The van der Waals surface area contributed by atoms with Crippen LogP contribution in [-0.2, 0) is 12.4 Å². The van der Waals surface area contributed by atoms with Crippen LogP contribution in [0.3, 0.4) is 0 Å². The highest BCUT2D eigenvalue weighted by molar-refractivity contribution is 6.16. The van der Waals surface area contributed by atoms with E-state index in [1.807, 2.05) is 0 Å². The Labute approximate surface area is 111 Å². The molecule has 1 aliphatic rings. The Balaban J connectivity index is 2.03. The Hall–Kier alpha value is -1.09. The van der Waals surface area contributed by atoms with Crippen molar-refractivity contribution < 1.29 is 4.39 Å². The molecule has 0 radical (unpaired) electrons. The molecule has 0 amide bonds. The van der Waals surface area contributed by atoms with Gasteiger partial charge >= 0.3 is 0 Å². The molecule has 96 valence electrons. The summed E-state index contributed by atoms with van der Waals surface area (Å²) in [4.78, 5) is 4.41. The molecule has 1 heterocycles. The maximum atomic E-state index is 13.2. The highest BCUT2D eigenvalue weighted by atomic mass is 35.5. The molecule has 0 bridgehead atoms. The van der Waals surface area contributed by atoms with Crippen molar-refractivity contribution in [3.05, 3.63) is 29.8 Å². The van der Waals surface area contributed by atoms with Gasteiger partial charge in [0.15, 0.2) is 0 Å². The van der Waals surface area contributed by atoms with Crippen molar-refractivity contribution in [3.63, 3.8) is 0 Å². The molecule has 1 saturated carbocycles. The maximum Gasteiger partial charge on any atom is 0.125 e. The van der Waals surface area contributed by atoms with Gasteiger partial charge in [0, 0.05) is 12.6 Å². The van der Waals surface area contributed by atoms with E-state index in [4.69, 9.17) is 11.6 Å². The van der Waals surface area contributed by atoms with Crippen LogP contribution >= 0.6 is 11.6 Å². The highest BCUT2D eigenvalue weighted by Crippen LogP contribution is 2.52. The summed E-state index contributed by atoms with van der Waals surface area (Å²) in [5, 5.41) is 0. The van der Waals surface area contributed by atoms with Gasteiger partial charge < -0.3 is 4.57 Å². The minimum atomic E-state index is -0.250. The number of halogens is 2. The first-order valence-corrected chi connectivity index (χ1v) is 6.75. The van der Waals surface area contributed by atoms with E-state index in [1.54, 1.807) is 6.07 Å². The minimum absolute atomic E-state index is 0.250. The van der Waals surface area contributed by atoms with Gasteiger partial charge in [0.2, 0.25) is 0 Å². The van der Waals surface area contributed by atoms with Crippen LogP contribution in [0.4, 0.5) is 4.39 Å². The topological polar surface area (TPSA) is 17.8 Å². The van der Waals surface area contributed by atoms with Crippen molar-refractivity contribution in [2.45, 2.75) is 32.7 Å². The third-order valence-electron chi connectivity index (χ3n) is 4.03. The molecule has 1 aromatic carbocycles. The first-order valence-electron chi connectivity index (χ1n) is 6.22. The number of hydrogen-bond donors (Lipinski definition) is 0. The first-order chi connectivity index (χ1) is 8.51. The van der Waals surface area contributed by atoms with Gasteiger partial charge in [0.25, 0.3) is 0 Å². The van der Waals surface area contributed by atoms with Crippen molar-refractivity contribution in [3.8, 4) is 0 Å². The van der Waals surface area contributed by atoms with E-state index in [1.165, 1.54) is 18.6 Å². The normalized spacial score (nSPS) is 21.4. The van der Waals surface area contributed by atoms with Crippen LogP contribution in [0.1, 0.15) is 26.1 Å². The number of nitrogens with zero attached hydrogens (tertiary/aromatic N) is 2. The number of alkyl halides is 1. The fraction of sp³-hybridized carbons (Fsp3) is 0.500. The molecular weight excluding hydrogens is 251 g/mol. The van der Waals surface area contributed by atoms with Crippen molar-refractivity contribution in [1.82, 2.24) is 9.55 Å². The number of aromatic nitrogens is 2. The van der Waals surface area contributed by atoms with Gasteiger partial charge in [0.1, 0.15) is 11.6 Å². The Kier molecular flexibility index (Phi) is 2.63. The summed E-state index contributed by atoms with van der Waals surface area (Å²) in [6.07, 6.45) is 1.23. The zero-order chi connectivity index (χ0) is 12.9. The second kappa shape index (κ2) is 3.95. The number of benzene rings is 1. The van der Waals surface area contributed by atoms with Gasteiger partial charge in [-0.25, -0.2) is 9.37 Å². The minimum Gasteiger partial charge on any atom is -0.327 e. The van der Waals surface area contributed by atoms with Crippen molar-refractivity contribution >= 4 is 22.6 Å². The van der Waals surface area contributed by atoms with Crippen LogP contribution in [0.25, 0.3) is 11.0 Å². The number of fused-ring (bicyclic) bond motifs is 1.